The molecule has 110 valence electrons. The highest BCUT2D eigenvalue weighted by Gasteiger charge is 2.32. The van der Waals surface area contributed by atoms with E-state index in [4.69, 9.17) is 0 Å². The quantitative estimate of drug-likeness (QED) is 0.661. The van der Waals surface area contributed by atoms with Crippen molar-refractivity contribution in [2.75, 3.05) is 51.6 Å². The van der Waals surface area contributed by atoms with E-state index in [0.717, 1.165) is 32.7 Å². The molecule has 2 heterocycles. The van der Waals surface area contributed by atoms with Crippen molar-refractivity contribution in [1.29, 1.82) is 0 Å². The van der Waals surface area contributed by atoms with Gasteiger partial charge in [-0.05, 0) is 0 Å². The van der Waals surface area contributed by atoms with E-state index in [0.29, 0.717) is 13.1 Å². The number of rotatable bonds is 5. The normalized spacial score (nSPS) is 26.1. The molecule has 1 atom stereocenters. The predicted octanol–water partition coefficient (Wildman–Crippen LogP) is -0.961. The van der Waals surface area contributed by atoms with Crippen LogP contribution in [0.5, 0.6) is 0 Å². The molecule has 0 aliphatic carbocycles. The number of piperazine rings is 1. The van der Waals surface area contributed by atoms with Crippen LogP contribution in [0.2, 0.25) is 0 Å². The van der Waals surface area contributed by atoms with E-state index < -0.39 is 21.9 Å². The van der Waals surface area contributed by atoms with Gasteiger partial charge in [-0.3, -0.25) is 9.69 Å². The maximum atomic E-state index is 12.6. The Balaban J connectivity index is 1.76. The molecule has 19 heavy (non-hydrogen) atoms. The number of carbonyl (C=O) groups is 1. The minimum atomic E-state index is -4.49. The van der Waals surface area contributed by atoms with E-state index in [-0.39, 0.29) is 12.3 Å². The third-order valence-electron chi connectivity index (χ3n) is 3.63. The summed E-state index contributed by atoms with van der Waals surface area (Å²) >= 11 is 0. The molecule has 0 saturated carbocycles. The van der Waals surface area contributed by atoms with Crippen molar-refractivity contribution in [3.8, 4) is 0 Å². The molecule has 2 aliphatic rings. The molecule has 0 spiro atoms. The summed E-state index contributed by atoms with van der Waals surface area (Å²) in [5, 5.41) is 3.25. The van der Waals surface area contributed by atoms with Gasteiger partial charge in [0.25, 0.3) is 0 Å². The largest absolute Gasteiger partial charge is 0.341 e. The Labute approximate surface area is 113 Å². The Morgan fingerprint density at radius 1 is 1.26 bits per heavy atom. The van der Waals surface area contributed by atoms with Crippen LogP contribution in [0.25, 0.3) is 0 Å². The molecular weight excluding hydrogens is 273 g/mol. The van der Waals surface area contributed by atoms with Crippen LogP contribution in [-0.2, 0) is 15.0 Å². The number of likely N-dealkylation sites (tertiary alicyclic amines) is 1. The lowest BCUT2D eigenvalue weighted by atomic mass is 10.1. The van der Waals surface area contributed by atoms with E-state index in [1.807, 2.05) is 0 Å². The highest BCUT2D eigenvalue weighted by molar-refractivity contribution is 7.86. The number of carbonyl (C=O) groups excluding carboxylic acids is 1. The number of amides is 1. The summed E-state index contributed by atoms with van der Waals surface area (Å²) < 4.78 is 33.8. The van der Waals surface area contributed by atoms with Gasteiger partial charge < -0.3 is 10.2 Å². The van der Waals surface area contributed by atoms with Crippen molar-refractivity contribution < 1.29 is 17.1 Å². The van der Waals surface area contributed by atoms with Gasteiger partial charge in [-0.1, -0.05) is 0 Å². The molecule has 8 heteroatoms. The van der Waals surface area contributed by atoms with Crippen molar-refractivity contribution in [3.05, 3.63) is 0 Å². The van der Waals surface area contributed by atoms with Crippen molar-refractivity contribution in [2.24, 2.45) is 5.92 Å². The lowest BCUT2D eigenvalue weighted by Crippen LogP contribution is -2.46. The van der Waals surface area contributed by atoms with Gasteiger partial charge in [0, 0.05) is 58.2 Å². The topological polar surface area (TPSA) is 69.7 Å². The van der Waals surface area contributed by atoms with Gasteiger partial charge in [-0.15, -0.1) is 3.89 Å². The summed E-state index contributed by atoms with van der Waals surface area (Å²) in [6.45, 7) is 5.58. The van der Waals surface area contributed by atoms with E-state index in [1.54, 1.807) is 4.90 Å². The Hall–Kier alpha value is -0.730. The van der Waals surface area contributed by atoms with Gasteiger partial charge in [0.1, 0.15) is 0 Å². The summed E-state index contributed by atoms with van der Waals surface area (Å²) in [7, 11) is -4.49. The highest BCUT2D eigenvalue weighted by Crippen LogP contribution is 2.19. The number of nitrogens with one attached hydrogen (secondary N) is 1. The zero-order valence-electron chi connectivity index (χ0n) is 10.8. The second-order valence-corrected chi connectivity index (χ2v) is 6.62. The van der Waals surface area contributed by atoms with E-state index >= 15 is 0 Å². The fraction of sp³-hybridized carbons (Fsp3) is 0.909. The van der Waals surface area contributed by atoms with Gasteiger partial charge in [-0.25, -0.2) is 0 Å². The van der Waals surface area contributed by atoms with Crippen LogP contribution < -0.4 is 5.32 Å². The molecule has 0 aromatic rings. The molecule has 2 fully saturated rings. The minimum absolute atomic E-state index is 0.0659. The van der Waals surface area contributed by atoms with Crippen LogP contribution >= 0.6 is 0 Å². The van der Waals surface area contributed by atoms with E-state index in [9.17, 15) is 17.1 Å². The standard InChI is InChI=1S/C11H20FN3O3S/c12-19(17,18)9-10-7-11(16)15(8-10)6-5-14-3-1-13-2-4-14/h10,13H,1-9H2. The van der Waals surface area contributed by atoms with Crippen LogP contribution in [0.1, 0.15) is 6.42 Å². The summed E-state index contributed by atoms with van der Waals surface area (Å²) in [5.74, 6) is -1.00. The zero-order valence-corrected chi connectivity index (χ0v) is 11.7. The van der Waals surface area contributed by atoms with E-state index in [1.165, 1.54) is 0 Å². The molecule has 2 aliphatic heterocycles. The van der Waals surface area contributed by atoms with Crippen molar-refractivity contribution in [3.63, 3.8) is 0 Å². The highest BCUT2D eigenvalue weighted by atomic mass is 32.3. The average molecular weight is 293 g/mol. The van der Waals surface area contributed by atoms with Crippen LogP contribution in [0.4, 0.5) is 3.89 Å². The first-order valence-corrected chi connectivity index (χ1v) is 8.12. The Morgan fingerprint density at radius 2 is 1.95 bits per heavy atom. The van der Waals surface area contributed by atoms with Crippen molar-refractivity contribution in [1.82, 2.24) is 15.1 Å². The van der Waals surface area contributed by atoms with Crippen LogP contribution in [-0.4, -0.2) is 75.7 Å². The summed E-state index contributed by atoms with van der Waals surface area (Å²) in [6, 6.07) is 0. The SMILES string of the molecule is O=C1CC(CS(=O)(=O)F)CN1CCN1CCNCC1. The number of hydrogen-bond acceptors (Lipinski definition) is 5. The number of halogens is 1. The number of hydrogen-bond donors (Lipinski definition) is 1. The van der Waals surface area contributed by atoms with E-state index in [2.05, 4.69) is 10.2 Å². The molecule has 1 N–H and O–H groups in total. The first-order valence-electron chi connectivity index (χ1n) is 6.57. The van der Waals surface area contributed by atoms with Gasteiger partial charge in [-0.2, -0.15) is 8.42 Å². The minimum Gasteiger partial charge on any atom is -0.341 e. The third kappa shape index (κ3) is 4.70. The second kappa shape index (κ2) is 6.15. The second-order valence-electron chi connectivity index (χ2n) is 5.21. The van der Waals surface area contributed by atoms with Crippen molar-refractivity contribution in [2.45, 2.75) is 6.42 Å². The molecule has 0 aromatic heterocycles. The summed E-state index contributed by atoms with van der Waals surface area (Å²) in [5.41, 5.74) is 0. The third-order valence-corrected chi connectivity index (χ3v) is 4.49. The average Bonchev–Trinajstić information content (AvgIpc) is 2.66. The molecule has 1 unspecified atom stereocenters. The fourth-order valence-corrected chi connectivity index (χ4v) is 3.45. The Kier molecular flexibility index (Phi) is 4.75. The monoisotopic (exact) mass is 293 g/mol. The van der Waals surface area contributed by atoms with Gasteiger partial charge >= 0.3 is 10.2 Å². The predicted molar refractivity (Wildman–Crippen MR) is 68.9 cm³/mol. The zero-order chi connectivity index (χ0) is 13.9. The Bertz CT molecular complexity index is 423. The molecule has 1 amide bonds. The first-order chi connectivity index (χ1) is 8.94. The maximum Gasteiger partial charge on any atom is 0.302 e. The van der Waals surface area contributed by atoms with Gasteiger partial charge in [0.15, 0.2) is 0 Å². The Morgan fingerprint density at radius 3 is 2.58 bits per heavy atom. The van der Waals surface area contributed by atoms with Crippen molar-refractivity contribution >= 4 is 16.1 Å². The lowest BCUT2D eigenvalue weighted by Gasteiger charge is -2.29. The summed E-state index contributed by atoms with van der Waals surface area (Å²) in [4.78, 5) is 15.6. The van der Waals surface area contributed by atoms with Gasteiger partial charge in [0.05, 0.1) is 5.75 Å². The maximum absolute atomic E-state index is 12.6. The molecule has 2 saturated heterocycles. The van der Waals surface area contributed by atoms with Crippen LogP contribution in [0, 0.1) is 5.92 Å². The molecule has 0 aromatic carbocycles. The van der Waals surface area contributed by atoms with Crippen LogP contribution in [0.15, 0.2) is 0 Å². The van der Waals surface area contributed by atoms with Gasteiger partial charge in [0.2, 0.25) is 5.91 Å². The number of nitrogens with zero attached hydrogens (tertiary/aromatic N) is 2. The molecule has 0 bridgehead atoms. The summed E-state index contributed by atoms with van der Waals surface area (Å²) in [6.07, 6.45) is 0.144. The molecular formula is C11H20FN3O3S. The molecule has 6 nitrogen and oxygen atoms in total. The van der Waals surface area contributed by atoms with Crippen LogP contribution in [0.3, 0.4) is 0 Å². The smallest absolute Gasteiger partial charge is 0.302 e. The molecule has 2 rings (SSSR count). The molecule has 0 radical (unpaired) electrons. The lowest BCUT2D eigenvalue weighted by molar-refractivity contribution is -0.127. The first kappa shape index (κ1) is 14.7. The fourth-order valence-electron chi connectivity index (χ4n) is 2.66.